The van der Waals surface area contributed by atoms with Gasteiger partial charge in [-0.2, -0.15) is 0 Å². The first-order chi connectivity index (χ1) is 26.8. The lowest BCUT2D eigenvalue weighted by Gasteiger charge is -2.28. The number of aromatic amines is 2. The molecule has 3 aromatic carbocycles. The Kier molecular flexibility index (Phi) is 11.6. The Morgan fingerprint density at radius 3 is 2.27 bits per heavy atom. The van der Waals surface area contributed by atoms with Gasteiger partial charge in [0.05, 0.1) is 22.9 Å². The second-order valence-corrected chi connectivity index (χ2v) is 16.4. The largest absolute Gasteiger partial charge is 0.381 e. The second kappa shape index (κ2) is 17.1. The average Bonchev–Trinajstić information content (AvgIpc) is 3.54. The first kappa shape index (κ1) is 37.4. The van der Waals surface area contributed by atoms with Crippen molar-refractivity contribution in [1.29, 1.82) is 0 Å². The normalized spacial score (nSPS) is 19.8. The first-order valence-electron chi connectivity index (χ1n) is 20.6. The van der Waals surface area contributed by atoms with Crippen molar-refractivity contribution >= 4 is 33.6 Å². The molecule has 2 aliphatic heterocycles. The molecule has 0 spiro atoms. The highest BCUT2D eigenvalue weighted by Crippen LogP contribution is 2.35. The first-order valence-corrected chi connectivity index (χ1v) is 20.6. The molecule has 1 saturated carbocycles. The molecule has 2 saturated heterocycles. The van der Waals surface area contributed by atoms with E-state index in [1.807, 2.05) is 18.1 Å². The minimum Gasteiger partial charge on any atom is -0.381 e. The lowest BCUT2D eigenvalue weighted by atomic mass is 9.95. The van der Waals surface area contributed by atoms with E-state index in [1.165, 1.54) is 16.3 Å². The molecule has 0 bridgehead atoms. The molecule has 10 nitrogen and oxygen atoms in total. The molecule has 3 unspecified atom stereocenters. The molecular weight excluding hydrogens is 689 g/mol. The minimum atomic E-state index is 0.199. The van der Waals surface area contributed by atoms with Gasteiger partial charge in [0.2, 0.25) is 11.8 Å². The molecule has 1 aliphatic carbocycles. The summed E-state index contributed by atoms with van der Waals surface area (Å²) in [6.45, 7) is 5.27. The predicted molar refractivity (Wildman–Crippen MR) is 216 cm³/mol. The van der Waals surface area contributed by atoms with Gasteiger partial charge in [-0.3, -0.25) is 9.59 Å². The fourth-order valence-corrected chi connectivity index (χ4v) is 8.48. The third-order valence-electron chi connectivity index (χ3n) is 12.4. The standard InChI is InChI=1S/C45H56N6O4/c1-29(51(2)45(53)23-31-16-20-55-21-17-31)4-3-5-43-47-38-12-10-35(26-40(38)48-43)33-6-7-34-25-36(9-8-32(34)24-33)41-28-46-42(49-41)13-11-37-27-39(37)50-44(52)22-30-14-18-54-19-15-30/h6-10,12,24-26,28-31,37,39H,3-5,11,13-23,27H2,1-2H3,(H,46,49)(H,47,48)(H,50,52). The van der Waals surface area contributed by atoms with Crippen molar-refractivity contribution in [2.24, 2.45) is 17.8 Å². The quantitative estimate of drug-likeness (QED) is 0.0998. The summed E-state index contributed by atoms with van der Waals surface area (Å²) in [4.78, 5) is 44.0. The van der Waals surface area contributed by atoms with Crippen molar-refractivity contribution < 1.29 is 19.1 Å². The summed E-state index contributed by atoms with van der Waals surface area (Å²) >= 11 is 0. The molecule has 3 atom stereocenters. The van der Waals surface area contributed by atoms with Crippen LogP contribution >= 0.6 is 0 Å². The summed E-state index contributed by atoms with van der Waals surface area (Å²) in [7, 11) is 1.95. The second-order valence-electron chi connectivity index (χ2n) is 16.4. The molecule has 4 heterocycles. The monoisotopic (exact) mass is 744 g/mol. The van der Waals surface area contributed by atoms with Gasteiger partial charge in [-0.05, 0) is 122 Å². The minimum absolute atomic E-state index is 0.199. The molecule has 3 aliphatic rings. The molecule has 3 N–H and O–H groups in total. The van der Waals surface area contributed by atoms with E-state index in [-0.39, 0.29) is 17.9 Å². The summed E-state index contributed by atoms with van der Waals surface area (Å²) in [6.07, 6.45) is 12.9. The maximum absolute atomic E-state index is 12.9. The summed E-state index contributed by atoms with van der Waals surface area (Å²) in [5.41, 5.74) is 6.49. The van der Waals surface area contributed by atoms with E-state index in [1.54, 1.807) is 0 Å². The Bertz CT molecular complexity index is 2090. The third kappa shape index (κ3) is 9.47. The number of benzene rings is 3. The number of fused-ring (bicyclic) bond motifs is 2. The Morgan fingerprint density at radius 2 is 1.51 bits per heavy atom. The van der Waals surface area contributed by atoms with Gasteiger partial charge in [0.1, 0.15) is 11.6 Å². The number of aryl methyl sites for hydroxylation is 2. The van der Waals surface area contributed by atoms with Gasteiger partial charge >= 0.3 is 0 Å². The van der Waals surface area contributed by atoms with Gasteiger partial charge in [0.25, 0.3) is 0 Å². The zero-order chi connectivity index (χ0) is 37.7. The number of amides is 2. The van der Waals surface area contributed by atoms with E-state index in [2.05, 4.69) is 76.8 Å². The van der Waals surface area contributed by atoms with E-state index in [9.17, 15) is 9.59 Å². The summed E-state index contributed by atoms with van der Waals surface area (Å²) in [5, 5.41) is 5.63. The molecule has 55 heavy (non-hydrogen) atoms. The summed E-state index contributed by atoms with van der Waals surface area (Å²) in [5.74, 6) is 3.89. The van der Waals surface area contributed by atoms with E-state index in [0.717, 1.165) is 130 Å². The van der Waals surface area contributed by atoms with Gasteiger partial charge in [-0.1, -0.05) is 30.3 Å². The number of H-pyrrole nitrogens is 2. The van der Waals surface area contributed by atoms with Crippen LogP contribution < -0.4 is 5.32 Å². The number of carbonyl (C=O) groups is 2. The van der Waals surface area contributed by atoms with Crippen LogP contribution in [-0.2, 0) is 31.9 Å². The van der Waals surface area contributed by atoms with E-state index in [4.69, 9.17) is 19.4 Å². The molecule has 290 valence electrons. The SMILES string of the molecule is CC(CCCc1nc2ccc(-c3ccc4cc(-c5cnc(CCC6CC6NC(=O)CC6CCOCC6)[nH]5)ccc4c3)cc2[nH]1)N(C)C(=O)CC1CCOCC1. The smallest absolute Gasteiger partial charge is 0.222 e. The molecule has 10 heteroatoms. The molecular formula is C45H56N6O4. The Hall–Kier alpha value is -4.54. The van der Waals surface area contributed by atoms with Crippen molar-refractivity contribution in [3.63, 3.8) is 0 Å². The van der Waals surface area contributed by atoms with E-state index in [0.29, 0.717) is 36.6 Å². The number of rotatable bonds is 15. The van der Waals surface area contributed by atoms with Crippen LogP contribution in [0.5, 0.6) is 0 Å². The van der Waals surface area contributed by atoms with Crippen LogP contribution in [-0.4, -0.2) is 82.2 Å². The highest BCUT2D eigenvalue weighted by atomic mass is 16.5. The van der Waals surface area contributed by atoms with Crippen LogP contribution in [0.3, 0.4) is 0 Å². The Morgan fingerprint density at radius 1 is 0.836 bits per heavy atom. The summed E-state index contributed by atoms with van der Waals surface area (Å²) in [6, 6.07) is 20.2. The number of hydrogen-bond donors (Lipinski definition) is 3. The van der Waals surface area contributed by atoms with Crippen LogP contribution in [0.4, 0.5) is 0 Å². The Labute approximate surface area is 324 Å². The van der Waals surface area contributed by atoms with Crippen LogP contribution in [0.25, 0.3) is 44.2 Å². The van der Waals surface area contributed by atoms with Crippen molar-refractivity contribution in [3.8, 4) is 22.4 Å². The Balaban J connectivity index is 0.819. The van der Waals surface area contributed by atoms with Crippen LogP contribution in [0.15, 0.2) is 60.8 Å². The molecule has 2 aromatic heterocycles. The number of nitrogens with zero attached hydrogens (tertiary/aromatic N) is 3. The van der Waals surface area contributed by atoms with Crippen molar-refractivity contribution in [3.05, 3.63) is 72.4 Å². The number of hydrogen-bond acceptors (Lipinski definition) is 6. The van der Waals surface area contributed by atoms with Crippen molar-refractivity contribution in [2.75, 3.05) is 33.5 Å². The van der Waals surface area contributed by atoms with Gasteiger partial charge in [0.15, 0.2) is 0 Å². The van der Waals surface area contributed by atoms with Crippen LogP contribution in [0.2, 0.25) is 0 Å². The third-order valence-corrected chi connectivity index (χ3v) is 12.4. The zero-order valence-electron chi connectivity index (χ0n) is 32.4. The number of nitrogens with one attached hydrogen (secondary N) is 3. The van der Waals surface area contributed by atoms with E-state index < -0.39 is 0 Å². The number of aromatic nitrogens is 4. The average molecular weight is 745 g/mol. The number of imidazole rings is 2. The lowest BCUT2D eigenvalue weighted by molar-refractivity contribution is -0.133. The zero-order valence-corrected chi connectivity index (χ0v) is 32.4. The van der Waals surface area contributed by atoms with Gasteiger partial charge < -0.3 is 29.7 Å². The van der Waals surface area contributed by atoms with Gasteiger partial charge in [-0.25, -0.2) is 9.97 Å². The van der Waals surface area contributed by atoms with Gasteiger partial charge in [-0.15, -0.1) is 0 Å². The number of carbonyl (C=O) groups excluding carboxylic acids is 2. The molecule has 3 fully saturated rings. The van der Waals surface area contributed by atoms with Crippen molar-refractivity contribution in [2.45, 2.75) is 96.1 Å². The lowest BCUT2D eigenvalue weighted by Crippen LogP contribution is -2.36. The maximum Gasteiger partial charge on any atom is 0.222 e. The highest BCUT2D eigenvalue weighted by molar-refractivity contribution is 5.91. The molecule has 5 aromatic rings. The maximum atomic E-state index is 12.9. The number of ether oxygens (including phenoxy) is 2. The van der Waals surface area contributed by atoms with Gasteiger partial charge in [0, 0.05) is 76.8 Å². The highest BCUT2D eigenvalue weighted by Gasteiger charge is 2.38. The predicted octanol–water partition coefficient (Wildman–Crippen LogP) is 8.01. The molecule has 2 amide bonds. The van der Waals surface area contributed by atoms with Crippen LogP contribution in [0, 0.1) is 17.8 Å². The van der Waals surface area contributed by atoms with Crippen molar-refractivity contribution in [1.82, 2.24) is 30.2 Å². The fraction of sp³-hybridized carbons (Fsp3) is 0.511. The molecule has 0 radical (unpaired) electrons. The topological polar surface area (TPSA) is 125 Å². The fourth-order valence-electron chi connectivity index (χ4n) is 8.48. The van der Waals surface area contributed by atoms with E-state index >= 15 is 0 Å². The summed E-state index contributed by atoms with van der Waals surface area (Å²) < 4.78 is 10.9. The van der Waals surface area contributed by atoms with Crippen LogP contribution in [0.1, 0.15) is 82.8 Å². The molecule has 8 rings (SSSR count).